The summed E-state index contributed by atoms with van der Waals surface area (Å²) in [5.74, 6) is -1.36. The number of nitrogens with zero attached hydrogens (tertiary/aromatic N) is 1. The molecule has 9 nitrogen and oxygen atoms in total. The molecule has 0 spiro atoms. The second kappa shape index (κ2) is 14.5. The van der Waals surface area contributed by atoms with Crippen molar-refractivity contribution in [2.45, 2.75) is 84.4 Å². The van der Waals surface area contributed by atoms with Crippen molar-refractivity contribution < 1.29 is 38.2 Å². The van der Waals surface area contributed by atoms with Gasteiger partial charge >= 0.3 is 17.9 Å². The lowest BCUT2D eigenvalue weighted by molar-refractivity contribution is -0.188. The van der Waals surface area contributed by atoms with Crippen molar-refractivity contribution in [2.24, 2.45) is 5.16 Å². The van der Waals surface area contributed by atoms with Gasteiger partial charge < -0.3 is 23.8 Å². The summed E-state index contributed by atoms with van der Waals surface area (Å²) < 4.78 is 22.7. The minimum Gasteiger partial charge on any atom is -0.489 e. The molecule has 3 aromatic carbocycles. The van der Waals surface area contributed by atoms with Gasteiger partial charge in [-0.15, -0.1) is 0 Å². The summed E-state index contributed by atoms with van der Waals surface area (Å²) in [7, 11) is 0. The number of rotatable bonds is 11. The molecule has 0 saturated heterocycles. The van der Waals surface area contributed by atoms with Crippen LogP contribution in [0.25, 0.3) is 6.08 Å². The van der Waals surface area contributed by atoms with Crippen LogP contribution in [0.3, 0.4) is 0 Å². The number of carbonyl (C=O) groups is 3. The molecule has 0 aliphatic carbocycles. The van der Waals surface area contributed by atoms with E-state index in [1.54, 1.807) is 65.8 Å². The maximum atomic E-state index is 13.5. The van der Waals surface area contributed by atoms with Gasteiger partial charge in [-0.2, -0.15) is 0 Å². The van der Waals surface area contributed by atoms with Gasteiger partial charge in [0.15, 0.2) is 0 Å². The highest BCUT2D eigenvalue weighted by atomic mass is 16.7. The number of hydrogen-bond donors (Lipinski definition) is 0. The molecule has 3 aromatic rings. The minimum absolute atomic E-state index is 0.0808. The van der Waals surface area contributed by atoms with E-state index in [0.717, 1.165) is 11.1 Å². The Morgan fingerprint density at radius 2 is 1.43 bits per heavy atom. The van der Waals surface area contributed by atoms with Crippen molar-refractivity contribution in [3.8, 4) is 5.75 Å². The second-order valence-electron chi connectivity index (χ2n) is 13.0. The van der Waals surface area contributed by atoms with Crippen LogP contribution in [0, 0.1) is 0 Å². The highest BCUT2D eigenvalue weighted by Crippen LogP contribution is 2.36. The van der Waals surface area contributed by atoms with E-state index in [-0.39, 0.29) is 13.0 Å². The summed E-state index contributed by atoms with van der Waals surface area (Å²) in [6.07, 6.45) is 2.44. The first-order valence-electron chi connectivity index (χ1n) is 15.1. The summed E-state index contributed by atoms with van der Waals surface area (Å²) in [6, 6.07) is 24.4. The molecule has 46 heavy (non-hydrogen) atoms. The Kier molecular flexibility index (Phi) is 10.7. The van der Waals surface area contributed by atoms with Crippen LogP contribution in [0.5, 0.6) is 5.75 Å². The van der Waals surface area contributed by atoms with Crippen LogP contribution >= 0.6 is 0 Å². The molecule has 0 saturated carbocycles. The van der Waals surface area contributed by atoms with Crippen LogP contribution in [0.4, 0.5) is 0 Å². The van der Waals surface area contributed by atoms with E-state index >= 15 is 0 Å². The average Bonchev–Trinajstić information content (AvgIpc) is 3.42. The molecular formula is C37H41NO8. The smallest absolute Gasteiger partial charge is 0.354 e. The Morgan fingerprint density at radius 1 is 0.826 bits per heavy atom. The van der Waals surface area contributed by atoms with Gasteiger partial charge in [-0.3, -0.25) is 4.79 Å². The van der Waals surface area contributed by atoms with E-state index in [2.05, 4.69) is 5.16 Å². The molecule has 1 aliphatic heterocycles. The average molecular weight is 628 g/mol. The van der Waals surface area contributed by atoms with Crippen molar-refractivity contribution in [3.63, 3.8) is 0 Å². The zero-order valence-electron chi connectivity index (χ0n) is 27.2. The van der Waals surface area contributed by atoms with Gasteiger partial charge in [0.1, 0.15) is 30.2 Å². The number of hydrogen-bond acceptors (Lipinski definition) is 9. The molecule has 0 aromatic heterocycles. The van der Waals surface area contributed by atoms with Crippen molar-refractivity contribution in [1.82, 2.24) is 0 Å². The molecule has 0 bridgehead atoms. The van der Waals surface area contributed by atoms with Gasteiger partial charge in [0.25, 0.3) is 0 Å². The third-order valence-electron chi connectivity index (χ3n) is 6.61. The van der Waals surface area contributed by atoms with Crippen molar-refractivity contribution >= 4 is 29.7 Å². The molecule has 1 heterocycles. The van der Waals surface area contributed by atoms with Crippen LogP contribution in [-0.4, -0.2) is 40.4 Å². The standard InChI is InChI=1S/C37H41NO8/c1-35(2,3)44-33(40)23-37(34(41)45-36(4,5)6)22-31(38-46-37)30-21-29(42-24-26-13-9-7-10-14-26)19-17-28(30)18-20-32(39)43-25-27-15-11-8-12-16-27/h7-21H,22-25H2,1-6H3. The molecule has 0 radical (unpaired) electrons. The predicted octanol–water partition coefficient (Wildman–Crippen LogP) is 6.96. The molecule has 0 amide bonds. The van der Waals surface area contributed by atoms with Gasteiger partial charge in [0, 0.05) is 18.1 Å². The first-order chi connectivity index (χ1) is 21.7. The Bertz CT molecular complexity index is 1580. The first-order valence-corrected chi connectivity index (χ1v) is 15.1. The number of esters is 3. The highest BCUT2D eigenvalue weighted by molar-refractivity contribution is 6.08. The largest absolute Gasteiger partial charge is 0.489 e. The number of oxime groups is 1. The molecule has 1 unspecified atom stereocenters. The molecule has 1 aliphatic rings. The summed E-state index contributed by atoms with van der Waals surface area (Å²) >= 11 is 0. The SMILES string of the molecule is CC(C)(C)OC(=O)CC1(C(=O)OC(C)(C)C)CC(c2cc(OCc3ccccc3)ccc2C=CC(=O)OCc2ccccc2)=NO1. The molecule has 1 atom stereocenters. The molecule has 0 N–H and O–H groups in total. The van der Waals surface area contributed by atoms with Gasteiger partial charge in [0.2, 0.25) is 5.60 Å². The minimum atomic E-state index is -1.75. The Labute approximate surface area is 270 Å². The molecule has 242 valence electrons. The van der Waals surface area contributed by atoms with E-state index in [9.17, 15) is 14.4 Å². The fourth-order valence-corrected chi connectivity index (χ4v) is 4.58. The number of benzene rings is 3. The monoisotopic (exact) mass is 627 g/mol. The van der Waals surface area contributed by atoms with Crippen molar-refractivity contribution in [2.75, 3.05) is 0 Å². The maximum absolute atomic E-state index is 13.5. The van der Waals surface area contributed by atoms with Gasteiger partial charge in [-0.1, -0.05) is 71.9 Å². The second-order valence-corrected chi connectivity index (χ2v) is 13.0. The fourth-order valence-electron chi connectivity index (χ4n) is 4.58. The van der Waals surface area contributed by atoms with E-state index < -0.39 is 41.1 Å². The van der Waals surface area contributed by atoms with Gasteiger partial charge in [-0.25, -0.2) is 9.59 Å². The van der Waals surface area contributed by atoms with Crippen molar-refractivity contribution in [1.29, 1.82) is 0 Å². The Morgan fingerprint density at radius 3 is 2.04 bits per heavy atom. The molecule has 4 rings (SSSR count). The zero-order chi connectivity index (χ0) is 33.4. The topological polar surface area (TPSA) is 110 Å². The van der Waals surface area contributed by atoms with Gasteiger partial charge in [0.05, 0.1) is 12.1 Å². The van der Waals surface area contributed by atoms with Gasteiger partial charge in [-0.05, 0) is 76.4 Å². The van der Waals surface area contributed by atoms with Crippen LogP contribution < -0.4 is 4.74 Å². The Balaban J connectivity index is 1.62. The summed E-state index contributed by atoms with van der Waals surface area (Å²) in [6.45, 7) is 10.9. The van der Waals surface area contributed by atoms with Crippen LogP contribution in [0.2, 0.25) is 0 Å². The summed E-state index contributed by atoms with van der Waals surface area (Å²) in [5, 5.41) is 4.29. The lowest BCUT2D eigenvalue weighted by atomic mass is 9.89. The lowest BCUT2D eigenvalue weighted by Gasteiger charge is -2.29. The highest BCUT2D eigenvalue weighted by Gasteiger charge is 2.52. The maximum Gasteiger partial charge on any atom is 0.354 e. The molecular weight excluding hydrogens is 586 g/mol. The Hall–Kier alpha value is -4.92. The van der Waals surface area contributed by atoms with Crippen LogP contribution in [0.15, 0.2) is 90.1 Å². The van der Waals surface area contributed by atoms with E-state index in [0.29, 0.717) is 29.2 Å². The quantitative estimate of drug-likeness (QED) is 0.128. The molecule has 9 heteroatoms. The fraction of sp³-hybridized carbons (Fsp3) is 0.351. The summed E-state index contributed by atoms with van der Waals surface area (Å²) in [4.78, 5) is 44.9. The third-order valence-corrected chi connectivity index (χ3v) is 6.61. The predicted molar refractivity (Wildman–Crippen MR) is 174 cm³/mol. The van der Waals surface area contributed by atoms with E-state index in [4.69, 9.17) is 23.8 Å². The van der Waals surface area contributed by atoms with Crippen molar-refractivity contribution in [3.05, 3.63) is 107 Å². The van der Waals surface area contributed by atoms with E-state index in [1.165, 1.54) is 6.08 Å². The summed E-state index contributed by atoms with van der Waals surface area (Å²) in [5.41, 5.74) is 0.00636. The third kappa shape index (κ3) is 10.1. The molecule has 0 fully saturated rings. The number of ether oxygens (including phenoxy) is 4. The lowest BCUT2D eigenvalue weighted by Crippen LogP contribution is -2.46. The van der Waals surface area contributed by atoms with Crippen LogP contribution in [0.1, 0.15) is 76.6 Å². The van der Waals surface area contributed by atoms with E-state index in [1.807, 2.05) is 60.7 Å². The number of carbonyl (C=O) groups excluding carboxylic acids is 3. The zero-order valence-corrected chi connectivity index (χ0v) is 27.2. The van der Waals surface area contributed by atoms with Crippen LogP contribution in [-0.2, 0) is 46.6 Å². The first kappa shape index (κ1) is 34.0. The normalized spacial score (nSPS) is 16.3.